The summed E-state index contributed by atoms with van der Waals surface area (Å²) in [6.45, 7) is 2.22. The third-order valence-electron chi connectivity index (χ3n) is 3.07. The number of nitrogens with zero attached hydrogens (tertiary/aromatic N) is 2. The minimum absolute atomic E-state index is 0.102. The van der Waals surface area contributed by atoms with Crippen LogP contribution in [0, 0.1) is 6.92 Å². The lowest BCUT2D eigenvalue weighted by atomic mass is 10.1. The summed E-state index contributed by atoms with van der Waals surface area (Å²) in [4.78, 5) is 13.8. The molecule has 2 N–H and O–H groups in total. The Bertz CT molecular complexity index is 566. The number of nitrogens with two attached hydrogens (primary N) is 1. The molecule has 5 heteroatoms. The fraction of sp³-hybridized carbons (Fsp3) is 0.333. The first-order valence-electron chi connectivity index (χ1n) is 6.53. The van der Waals surface area contributed by atoms with Crippen LogP contribution in [0.15, 0.2) is 40.9 Å². The van der Waals surface area contributed by atoms with E-state index in [4.69, 9.17) is 10.3 Å². The van der Waals surface area contributed by atoms with Gasteiger partial charge in [0, 0.05) is 13.1 Å². The molecule has 1 amide bonds. The molecule has 5 nitrogen and oxygen atoms in total. The lowest BCUT2D eigenvalue weighted by Crippen LogP contribution is -2.42. The van der Waals surface area contributed by atoms with Gasteiger partial charge in [-0.15, -0.1) is 0 Å². The van der Waals surface area contributed by atoms with E-state index in [2.05, 4.69) is 5.16 Å². The molecule has 0 radical (unpaired) electrons. The lowest BCUT2D eigenvalue weighted by Gasteiger charge is -2.20. The monoisotopic (exact) mass is 273 g/mol. The Labute approximate surface area is 118 Å². The fourth-order valence-electron chi connectivity index (χ4n) is 2.05. The van der Waals surface area contributed by atoms with Gasteiger partial charge in [-0.25, -0.2) is 0 Å². The number of rotatable bonds is 5. The van der Waals surface area contributed by atoms with Gasteiger partial charge in [-0.05, 0) is 18.9 Å². The van der Waals surface area contributed by atoms with E-state index >= 15 is 0 Å². The third-order valence-corrected chi connectivity index (χ3v) is 3.07. The predicted octanol–water partition coefficient (Wildman–Crippen LogP) is 1.51. The number of carbonyl (C=O) groups is 1. The van der Waals surface area contributed by atoms with E-state index in [1.54, 1.807) is 11.9 Å². The minimum Gasteiger partial charge on any atom is -0.361 e. The van der Waals surface area contributed by atoms with Gasteiger partial charge in [0.25, 0.3) is 0 Å². The molecule has 0 aliphatic heterocycles. The highest BCUT2D eigenvalue weighted by atomic mass is 16.5. The topological polar surface area (TPSA) is 72.4 Å². The smallest absolute Gasteiger partial charge is 0.239 e. The van der Waals surface area contributed by atoms with E-state index in [1.165, 1.54) is 0 Å². The van der Waals surface area contributed by atoms with Gasteiger partial charge >= 0.3 is 0 Å². The van der Waals surface area contributed by atoms with Gasteiger partial charge in [0.15, 0.2) is 0 Å². The SMILES string of the molecule is Cc1cc(CN(C)C(=O)C(N)Cc2ccccc2)no1. The zero-order chi connectivity index (χ0) is 14.5. The Morgan fingerprint density at radius 1 is 1.40 bits per heavy atom. The second-order valence-corrected chi connectivity index (χ2v) is 4.92. The molecular weight excluding hydrogens is 254 g/mol. The number of amides is 1. The van der Waals surface area contributed by atoms with Gasteiger partial charge in [0.1, 0.15) is 11.5 Å². The van der Waals surface area contributed by atoms with Crippen LogP contribution in [0.25, 0.3) is 0 Å². The number of likely N-dealkylation sites (N-methyl/N-ethyl adjacent to an activating group) is 1. The van der Waals surface area contributed by atoms with Crippen molar-refractivity contribution in [3.05, 3.63) is 53.4 Å². The van der Waals surface area contributed by atoms with Crippen molar-refractivity contribution in [3.8, 4) is 0 Å². The minimum atomic E-state index is -0.546. The molecule has 1 unspecified atom stereocenters. The summed E-state index contributed by atoms with van der Waals surface area (Å²) in [7, 11) is 1.72. The highest BCUT2D eigenvalue weighted by Gasteiger charge is 2.19. The second kappa shape index (κ2) is 6.34. The average Bonchev–Trinajstić information content (AvgIpc) is 2.84. The molecule has 0 saturated heterocycles. The maximum atomic E-state index is 12.2. The van der Waals surface area contributed by atoms with Crippen LogP contribution in [0.5, 0.6) is 0 Å². The van der Waals surface area contributed by atoms with Gasteiger partial charge in [-0.3, -0.25) is 4.79 Å². The molecule has 2 aromatic rings. The molecule has 2 rings (SSSR count). The van der Waals surface area contributed by atoms with Crippen molar-refractivity contribution in [2.24, 2.45) is 5.73 Å². The number of hydrogen-bond acceptors (Lipinski definition) is 4. The van der Waals surface area contributed by atoms with Crippen molar-refractivity contribution in [1.82, 2.24) is 10.1 Å². The zero-order valence-corrected chi connectivity index (χ0v) is 11.7. The zero-order valence-electron chi connectivity index (χ0n) is 11.7. The molecule has 20 heavy (non-hydrogen) atoms. The second-order valence-electron chi connectivity index (χ2n) is 4.92. The first kappa shape index (κ1) is 14.3. The molecule has 0 saturated carbocycles. The van der Waals surface area contributed by atoms with Crippen molar-refractivity contribution in [2.75, 3.05) is 7.05 Å². The molecule has 0 fully saturated rings. The summed E-state index contributed by atoms with van der Waals surface area (Å²) in [6.07, 6.45) is 0.530. The molecular formula is C15H19N3O2. The molecule has 106 valence electrons. The van der Waals surface area contributed by atoms with Crippen molar-refractivity contribution < 1.29 is 9.32 Å². The van der Waals surface area contributed by atoms with Crippen molar-refractivity contribution in [2.45, 2.75) is 25.9 Å². The molecule has 1 aromatic carbocycles. The Morgan fingerprint density at radius 3 is 2.70 bits per heavy atom. The third kappa shape index (κ3) is 3.68. The van der Waals surface area contributed by atoms with Crippen LogP contribution in [-0.2, 0) is 17.8 Å². The van der Waals surface area contributed by atoms with Gasteiger partial charge in [-0.1, -0.05) is 35.5 Å². The van der Waals surface area contributed by atoms with Crippen LogP contribution < -0.4 is 5.73 Å². The normalized spacial score (nSPS) is 12.2. The van der Waals surface area contributed by atoms with Crippen molar-refractivity contribution in [1.29, 1.82) is 0 Å². The van der Waals surface area contributed by atoms with E-state index in [1.807, 2.05) is 43.3 Å². The molecule has 0 spiro atoms. The number of hydrogen-bond donors (Lipinski definition) is 1. The first-order chi connectivity index (χ1) is 9.56. The van der Waals surface area contributed by atoms with Crippen molar-refractivity contribution in [3.63, 3.8) is 0 Å². The van der Waals surface area contributed by atoms with E-state index in [0.717, 1.165) is 17.0 Å². The Kier molecular flexibility index (Phi) is 4.53. The van der Waals surface area contributed by atoms with Crippen LogP contribution in [0.1, 0.15) is 17.0 Å². The van der Waals surface area contributed by atoms with Gasteiger partial charge < -0.3 is 15.2 Å². The highest BCUT2D eigenvalue weighted by Crippen LogP contribution is 2.07. The van der Waals surface area contributed by atoms with Gasteiger partial charge in [0.05, 0.1) is 12.6 Å². The molecule has 1 heterocycles. The summed E-state index contributed by atoms with van der Waals surface area (Å²) in [5.74, 6) is 0.629. The average molecular weight is 273 g/mol. The number of benzene rings is 1. The largest absolute Gasteiger partial charge is 0.361 e. The van der Waals surface area contributed by atoms with Gasteiger partial charge in [-0.2, -0.15) is 0 Å². The molecule has 0 aliphatic rings. The van der Waals surface area contributed by atoms with Crippen LogP contribution in [0.4, 0.5) is 0 Å². The predicted molar refractivity (Wildman–Crippen MR) is 75.8 cm³/mol. The van der Waals surface area contributed by atoms with Crippen LogP contribution >= 0.6 is 0 Å². The standard InChI is InChI=1S/C15H19N3O2/c1-11-8-13(17-20-11)10-18(2)15(19)14(16)9-12-6-4-3-5-7-12/h3-8,14H,9-10,16H2,1-2H3. The summed E-state index contributed by atoms with van der Waals surface area (Å²) < 4.78 is 4.98. The summed E-state index contributed by atoms with van der Waals surface area (Å²) >= 11 is 0. The molecule has 0 bridgehead atoms. The maximum Gasteiger partial charge on any atom is 0.239 e. The maximum absolute atomic E-state index is 12.2. The van der Waals surface area contributed by atoms with Crippen molar-refractivity contribution >= 4 is 5.91 Å². The molecule has 1 atom stereocenters. The van der Waals surface area contributed by atoms with E-state index in [0.29, 0.717) is 13.0 Å². The Morgan fingerprint density at radius 2 is 2.10 bits per heavy atom. The number of carbonyl (C=O) groups excluding carboxylic acids is 1. The quantitative estimate of drug-likeness (QED) is 0.896. The summed E-state index contributed by atoms with van der Waals surface area (Å²) in [5, 5.41) is 3.87. The van der Waals surface area contributed by atoms with Crippen LogP contribution in [0.3, 0.4) is 0 Å². The molecule has 1 aromatic heterocycles. The summed E-state index contributed by atoms with van der Waals surface area (Å²) in [5.41, 5.74) is 7.76. The molecule has 0 aliphatic carbocycles. The van der Waals surface area contributed by atoms with Crippen LogP contribution in [-0.4, -0.2) is 29.1 Å². The van der Waals surface area contributed by atoms with Gasteiger partial charge in [0.2, 0.25) is 5.91 Å². The first-order valence-corrected chi connectivity index (χ1v) is 6.53. The number of aryl methyl sites for hydroxylation is 1. The van der Waals surface area contributed by atoms with Crippen LogP contribution in [0.2, 0.25) is 0 Å². The Balaban J connectivity index is 1.92. The Hall–Kier alpha value is -2.14. The van der Waals surface area contributed by atoms with E-state index in [-0.39, 0.29) is 5.91 Å². The fourth-order valence-corrected chi connectivity index (χ4v) is 2.05. The summed E-state index contributed by atoms with van der Waals surface area (Å²) in [6, 6.07) is 11.0. The number of aromatic nitrogens is 1. The highest BCUT2D eigenvalue weighted by molar-refractivity contribution is 5.81. The van der Waals surface area contributed by atoms with E-state index < -0.39 is 6.04 Å². The van der Waals surface area contributed by atoms with E-state index in [9.17, 15) is 4.79 Å². The lowest BCUT2D eigenvalue weighted by molar-refractivity contribution is -0.131.